The van der Waals surface area contributed by atoms with Crippen LogP contribution in [-0.2, 0) is 11.3 Å². The molecule has 0 aliphatic carbocycles. The number of fused-ring (bicyclic) bond motifs is 3. The number of ether oxygens (including phenoxy) is 1. The number of ketones is 1. The molecule has 4 aromatic rings. The molecule has 3 aromatic heterocycles. The third kappa shape index (κ3) is 4.22. The van der Waals surface area contributed by atoms with E-state index in [1.54, 1.807) is 26.4 Å². The summed E-state index contributed by atoms with van der Waals surface area (Å²) in [5.74, 6) is 0.947. The number of rotatable bonds is 8. The molecule has 0 aliphatic rings. The summed E-state index contributed by atoms with van der Waals surface area (Å²) in [6.45, 7) is 3.92. The molecular formula is C24H26N6O3. The first kappa shape index (κ1) is 22.2. The quantitative estimate of drug-likeness (QED) is 0.353. The van der Waals surface area contributed by atoms with E-state index in [4.69, 9.17) is 15.5 Å². The van der Waals surface area contributed by atoms with Gasteiger partial charge in [0.1, 0.15) is 11.6 Å². The predicted octanol–water partition coefficient (Wildman–Crippen LogP) is 2.72. The summed E-state index contributed by atoms with van der Waals surface area (Å²) in [5.41, 5.74) is 9.75. The summed E-state index contributed by atoms with van der Waals surface area (Å²) in [6.07, 6.45) is 3.49. The van der Waals surface area contributed by atoms with E-state index in [1.807, 2.05) is 35.0 Å². The fourth-order valence-corrected chi connectivity index (χ4v) is 3.99. The molecule has 0 fully saturated rings. The van der Waals surface area contributed by atoms with E-state index in [0.717, 1.165) is 22.0 Å². The highest BCUT2D eigenvalue weighted by molar-refractivity contribution is 6.22. The number of pyridine rings is 2. The van der Waals surface area contributed by atoms with Crippen molar-refractivity contribution < 1.29 is 14.6 Å². The smallest absolute Gasteiger partial charge is 0.162 e. The molecule has 9 heteroatoms. The van der Waals surface area contributed by atoms with Crippen molar-refractivity contribution in [3.63, 3.8) is 0 Å². The van der Waals surface area contributed by atoms with Crippen LogP contribution in [0.4, 0.5) is 5.82 Å². The Hall–Kier alpha value is -3.98. The summed E-state index contributed by atoms with van der Waals surface area (Å²) < 4.78 is 7.52. The minimum atomic E-state index is -0.160. The monoisotopic (exact) mass is 446 g/mol. The Bertz CT molecular complexity index is 1360. The van der Waals surface area contributed by atoms with Gasteiger partial charge in [0.15, 0.2) is 5.78 Å². The summed E-state index contributed by atoms with van der Waals surface area (Å²) in [6, 6.07) is 9.41. The summed E-state index contributed by atoms with van der Waals surface area (Å²) in [4.78, 5) is 21.5. The van der Waals surface area contributed by atoms with Crippen molar-refractivity contribution >= 4 is 39.0 Å². The van der Waals surface area contributed by atoms with Gasteiger partial charge in [-0.3, -0.25) is 14.5 Å². The topological polar surface area (TPSA) is 128 Å². The number of allylic oxidation sites excluding steroid dienone is 2. The van der Waals surface area contributed by atoms with Crippen LogP contribution in [-0.4, -0.2) is 50.9 Å². The first-order chi connectivity index (χ1) is 15.9. The summed E-state index contributed by atoms with van der Waals surface area (Å²) in [7, 11) is 1.56. The minimum absolute atomic E-state index is 0.0409. The van der Waals surface area contributed by atoms with Crippen LogP contribution in [0.1, 0.15) is 25.1 Å². The van der Waals surface area contributed by atoms with Gasteiger partial charge in [-0.05, 0) is 38.1 Å². The highest BCUT2D eigenvalue weighted by Gasteiger charge is 2.20. The molecule has 0 bridgehead atoms. The second-order valence-corrected chi connectivity index (χ2v) is 7.68. The van der Waals surface area contributed by atoms with E-state index in [2.05, 4.69) is 15.4 Å². The number of nitrogens with two attached hydrogens (primary N) is 1. The normalized spacial score (nSPS) is 12.1. The number of aromatic nitrogens is 4. The van der Waals surface area contributed by atoms with Gasteiger partial charge in [-0.25, -0.2) is 4.98 Å². The fourth-order valence-electron chi connectivity index (χ4n) is 3.99. The first-order valence-corrected chi connectivity index (χ1v) is 10.5. The van der Waals surface area contributed by atoms with Crippen LogP contribution < -0.4 is 15.8 Å². The molecular weight excluding hydrogens is 420 g/mol. The van der Waals surface area contributed by atoms with Gasteiger partial charge >= 0.3 is 0 Å². The van der Waals surface area contributed by atoms with Gasteiger partial charge in [-0.1, -0.05) is 6.07 Å². The van der Waals surface area contributed by atoms with Gasteiger partial charge in [-0.15, -0.1) is 0 Å². The van der Waals surface area contributed by atoms with Gasteiger partial charge < -0.3 is 20.9 Å². The van der Waals surface area contributed by atoms with E-state index in [-0.39, 0.29) is 12.4 Å². The molecule has 0 spiro atoms. The number of carbonyl (C=O) groups is 1. The average Bonchev–Trinajstić information content (AvgIpc) is 3.21. The van der Waals surface area contributed by atoms with Crippen LogP contribution >= 0.6 is 0 Å². The number of aliphatic hydroxyl groups excluding tert-OH is 1. The molecule has 0 atom stereocenters. The molecule has 4 rings (SSSR count). The maximum Gasteiger partial charge on any atom is 0.162 e. The Labute approximate surface area is 190 Å². The zero-order chi connectivity index (χ0) is 23.5. The molecule has 0 saturated carbocycles. The average molecular weight is 447 g/mol. The van der Waals surface area contributed by atoms with E-state index in [1.165, 1.54) is 6.92 Å². The van der Waals surface area contributed by atoms with Gasteiger partial charge in [-0.2, -0.15) is 5.10 Å². The lowest BCUT2D eigenvalue weighted by atomic mass is 9.97. The van der Waals surface area contributed by atoms with E-state index in [0.29, 0.717) is 47.0 Å². The molecule has 0 unspecified atom stereocenters. The van der Waals surface area contributed by atoms with Crippen molar-refractivity contribution in [3.8, 4) is 5.75 Å². The Balaban J connectivity index is 2.02. The van der Waals surface area contributed by atoms with Crippen molar-refractivity contribution in [1.82, 2.24) is 19.7 Å². The standard InChI is InChI=1S/C24H26N6O3/c1-14(25)22(15(2)32)18-10-20-17(11-21(18)33-3)23-19(24(29-20)27-8-9-31)12-28-30(23)13-16-6-4-5-7-26-16/h4-7,10-12,31H,8-9,13,25H2,1-3H3,(H,27,29). The van der Waals surface area contributed by atoms with Crippen molar-refractivity contribution in [3.05, 3.63) is 59.7 Å². The van der Waals surface area contributed by atoms with Gasteiger partial charge in [0.25, 0.3) is 0 Å². The lowest BCUT2D eigenvalue weighted by molar-refractivity contribution is -0.111. The van der Waals surface area contributed by atoms with E-state index in [9.17, 15) is 9.90 Å². The molecule has 0 aliphatic heterocycles. The van der Waals surface area contributed by atoms with Crippen molar-refractivity contribution in [1.29, 1.82) is 0 Å². The number of hydrogen-bond donors (Lipinski definition) is 3. The van der Waals surface area contributed by atoms with Crippen LogP contribution in [0.25, 0.3) is 27.4 Å². The number of nitrogens with one attached hydrogen (secondary N) is 1. The van der Waals surface area contributed by atoms with Crippen molar-refractivity contribution in [2.75, 3.05) is 25.6 Å². The Morgan fingerprint density at radius 2 is 2.06 bits per heavy atom. The maximum atomic E-state index is 12.4. The highest BCUT2D eigenvalue weighted by atomic mass is 16.5. The second-order valence-electron chi connectivity index (χ2n) is 7.68. The number of carbonyl (C=O) groups excluding carboxylic acids is 1. The van der Waals surface area contributed by atoms with Crippen molar-refractivity contribution in [2.24, 2.45) is 5.73 Å². The number of anilines is 1. The summed E-state index contributed by atoms with van der Waals surface area (Å²) >= 11 is 0. The van der Waals surface area contributed by atoms with Crippen LogP contribution in [0.5, 0.6) is 5.75 Å². The lowest BCUT2D eigenvalue weighted by Crippen LogP contribution is -2.09. The molecule has 0 radical (unpaired) electrons. The molecule has 0 saturated heterocycles. The summed E-state index contributed by atoms with van der Waals surface area (Å²) in [5, 5.41) is 18.7. The third-order valence-electron chi connectivity index (χ3n) is 5.36. The molecule has 33 heavy (non-hydrogen) atoms. The zero-order valence-corrected chi connectivity index (χ0v) is 18.8. The number of aliphatic hydroxyl groups is 1. The number of Topliss-reactive ketones (excluding diaryl/α,β-unsaturated/α-hetero) is 1. The van der Waals surface area contributed by atoms with E-state index < -0.39 is 0 Å². The molecule has 3 heterocycles. The van der Waals surface area contributed by atoms with Crippen molar-refractivity contribution in [2.45, 2.75) is 20.4 Å². The zero-order valence-electron chi connectivity index (χ0n) is 18.8. The molecule has 0 amide bonds. The highest BCUT2D eigenvalue weighted by Crippen LogP contribution is 2.37. The largest absolute Gasteiger partial charge is 0.496 e. The molecule has 4 N–H and O–H groups in total. The second kappa shape index (κ2) is 9.25. The Morgan fingerprint density at radius 3 is 2.70 bits per heavy atom. The third-order valence-corrected chi connectivity index (χ3v) is 5.36. The number of benzene rings is 1. The Kier molecular flexibility index (Phi) is 6.23. The van der Waals surface area contributed by atoms with Crippen LogP contribution in [0.15, 0.2) is 48.4 Å². The molecule has 1 aromatic carbocycles. The SMILES string of the molecule is COc1cc2c(cc1C(C(C)=O)=C(C)N)nc(NCCO)c1cnn(Cc3ccccn3)c12. The minimum Gasteiger partial charge on any atom is -0.496 e. The van der Waals surface area contributed by atoms with Gasteiger partial charge in [0.05, 0.1) is 48.6 Å². The van der Waals surface area contributed by atoms with Gasteiger partial charge in [0.2, 0.25) is 0 Å². The number of methoxy groups -OCH3 is 1. The van der Waals surface area contributed by atoms with Crippen LogP contribution in [0.2, 0.25) is 0 Å². The number of nitrogens with zero attached hydrogens (tertiary/aromatic N) is 4. The van der Waals surface area contributed by atoms with Crippen LogP contribution in [0.3, 0.4) is 0 Å². The first-order valence-electron chi connectivity index (χ1n) is 10.5. The van der Waals surface area contributed by atoms with E-state index >= 15 is 0 Å². The number of hydrogen-bond acceptors (Lipinski definition) is 8. The van der Waals surface area contributed by atoms with Crippen LogP contribution in [0, 0.1) is 0 Å². The predicted molar refractivity (Wildman–Crippen MR) is 128 cm³/mol. The maximum absolute atomic E-state index is 12.4. The van der Waals surface area contributed by atoms with Gasteiger partial charge in [0, 0.05) is 35.0 Å². The lowest BCUT2D eigenvalue weighted by Gasteiger charge is -2.15. The molecule has 9 nitrogen and oxygen atoms in total. The molecule has 170 valence electrons. The fraction of sp³-hybridized carbons (Fsp3) is 0.250. The Morgan fingerprint density at radius 1 is 1.24 bits per heavy atom.